The van der Waals surface area contributed by atoms with Crippen LogP contribution in [0.3, 0.4) is 0 Å². The average molecular weight is 253 g/mol. The fourth-order valence-electron chi connectivity index (χ4n) is 2.18. The number of nitrogens with one attached hydrogen (secondary N) is 1. The molecule has 0 heterocycles. The third kappa shape index (κ3) is 6.98. The summed E-state index contributed by atoms with van der Waals surface area (Å²) in [7, 11) is 0. The minimum atomic E-state index is -0.357. The van der Waals surface area contributed by atoms with Crippen molar-refractivity contribution in [1.29, 1.82) is 5.26 Å². The van der Waals surface area contributed by atoms with Gasteiger partial charge in [0.05, 0.1) is 6.07 Å². The van der Waals surface area contributed by atoms with Crippen molar-refractivity contribution < 1.29 is 0 Å². The number of nitriles is 1. The van der Waals surface area contributed by atoms with Crippen molar-refractivity contribution in [2.45, 2.75) is 59.4 Å². The predicted molar refractivity (Wildman–Crippen MR) is 78.5 cm³/mol. The highest BCUT2D eigenvalue weighted by molar-refractivity contribution is 5.03. The molecule has 106 valence electrons. The molecule has 0 amide bonds. The fourth-order valence-corrected chi connectivity index (χ4v) is 2.18. The molecule has 0 aliphatic rings. The summed E-state index contributed by atoms with van der Waals surface area (Å²) in [6, 6.07) is 2.39. The number of hydrogen-bond donors (Lipinski definition) is 1. The van der Waals surface area contributed by atoms with Gasteiger partial charge >= 0.3 is 0 Å². The van der Waals surface area contributed by atoms with Gasteiger partial charge < -0.3 is 4.90 Å². The molecule has 3 heteroatoms. The number of nitrogens with zero attached hydrogens (tertiary/aromatic N) is 2. The lowest BCUT2D eigenvalue weighted by Crippen LogP contribution is -2.41. The Morgan fingerprint density at radius 2 is 2.00 bits per heavy atom. The Kier molecular flexibility index (Phi) is 9.05. The van der Waals surface area contributed by atoms with Crippen LogP contribution in [0, 0.1) is 17.2 Å². The highest BCUT2D eigenvalue weighted by Gasteiger charge is 2.21. The number of hydrogen-bond acceptors (Lipinski definition) is 3. The zero-order chi connectivity index (χ0) is 14.0. The topological polar surface area (TPSA) is 39.1 Å². The monoisotopic (exact) mass is 253 g/mol. The van der Waals surface area contributed by atoms with Gasteiger partial charge in [0.15, 0.2) is 0 Å². The summed E-state index contributed by atoms with van der Waals surface area (Å²) in [4.78, 5) is 2.50. The van der Waals surface area contributed by atoms with Gasteiger partial charge in [-0.15, -0.1) is 0 Å². The second-order valence-electron chi connectivity index (χ2n) is 5.48. The molecule has 0 aromatic carbocycles. The van der Waals surface area contributed by atoms with Crippen LogP contribution in [0.2, 0.25) is 0 Å². The second kappa shape index (κ2) is 9.35. The summed E-state index contributed by atoms with van der Waals surface area (Å²) in [5, 5.41) is 12.5. The van der Waals surface area contributed by atoms with Crippen molar-refractivity contribution in [2.24, 2.45) is 5.92 Å². The first-order valence-electron chi connectivity index (χ1n) is 7.39. The van der Waals surface area contributed by atoms with Crippen LogP contribution in [0.4, 0.5) is 0 Å². The molecule has 0 aliphatic heterocycles. The normalized spacial score (nSPS) is 16.3. The highest BCUT2D eigenvalue weighted by atomic mass is 15.1. The van der Waals surface area contributed by atoms with E-state index in [0.717, 1.165) is 38.4 Å². The van der Waals surface area contributed by atoms with Gasteiger partial charge in [-0.25, -0.2) is 0 Å². The number of rotatable bonds is 10. The van der Waals surface area contributed by atoms with Crippen molar-refractivity contribution in [1.82, 2.24) is 10.2 Å². The van der Waals surface area contributed by atoms with Crippen molar-refractivity contribution in [3.63, 3.8) is 0 Å². The molecule has 0 spiro atoms. The Morgan fingerprint density at radius 3 is 2.44 bits per heavy atom. The van der Waals surface area contributed by atoms with Gasteiger partial charge in [0.2, 0.25) is 0 Å². The molecule has 0 aliphatic carbocycles. The predicted octanol–water partition coefficient (Wildman–Crippen LogP) is 3.03. The van der Waals surface area contributed by atoms with E-state index >= 15 is 0 Å². The maximum Gasteiger partial charge on any atom is 0.103 e. The SMILES string of the molecule is CCNC(C)(C#N)CCCN(CC)CC(C)CC. The van der Waals surface area contributed by atoms with Crippen LogP contribution >= 0.6 is 0 Å². The van der Waals surface area contributed by atoms with Crippen molar-refractivity contribution in [2.75, 3.05) is 26.2 Å². The molecule has 3 nitrogen and oxygen atoms in total. The zero-order valence-corrected chi connectivity index (χ0v) is 12.9. The van der Waals surface area contributed by atoms with Gasteiger partial charge in [-0.05, 0) is 45.3 Å². The van der Waals surface area contributed by atoms with Gasteiger partial charge in [0.25, 0.3) is 0 Å². The Morgan fingerprint density at radius 1 is 1.33 bits per heavy atom. The maximum absolute atomic E-state index is 9.20. The largest absolute Gasteiger partial charge is 0.303 e. The summed E-state index contributed by atoms with van der Waals surface area (Å²) < 4.78 is 0. The Balaban J connectivity index is 4.03. The molecule has 0 fully saturated rings. The lowest BCUT2D eigenvalue weighted by Gasteiger charge is -2.26. The minimum absolute atomic E-state index is 0.357. The summed E-state index contributed by atoms with van der Waals surface area (Å²) in [6.45, 7) is 15.1. The van der Waals surface area contributed by atoms with E-state index < -0.39 is 0 Å². The molecule has 0 saturated heterocycles. The molecule has 0 saturated carbocycles. The van der Waals surface area contributed by atoms with Crippen LogP contribution in [0.5, 0.6) is 0 Å². The standard InChI is InChI=1S/C15H31N3/c1-6-14(4)12-18(8-3)11-9-10-15(5,13-16)17-7-2/h14,17H,6-12H2,1-5H3. The van der Waals surface area contributed by atoms with Gasteiger partial charge in [0, 0.05) is 6.54 Å². The van der Waals surface area contributed by atoms with Crippen molar-refractivity contribution >= 4 is 0 Å². The summed E-state index contributed by atoms with van der Waals surface area (Å²) in [6.07, 6.45) is 3.25. The van der Waals surface area contributed by atoms with Crippen LogP contribution in [0.25, 0.3) is 0 Å². The molecule has 0 aromatic rings. The van der Waals surface area contributed by atoms with Crippen LogP contribution in [-0.2, 0) is 0 Å². The van der Waals surface area contributed by atoms with E-state index in [4.69, 9.17) is 0 Å². The van der Waals surface area contributed by atoms with Crippen LogP contribution < -0.4 is 5.32 Å². The van der Waals surface area contributed by atoms with Crippen molar-refractivity contribution in [3.8, 4) is 6.07 Å². The molecule has 18 heavy (non-hydrogen) atoms. The van der Waals surface area contributed by atoms with E-state index in [-0.39, 0.29) is 5.54 Å². The molecular weight excluding hydrogens is 222 g/mol. The van der Waals surface area contributed by atoms with E-state index in [1.54, 1.807) is 0 Å². The van der Waals surface area contributed by atoms with E-state index in [9.17, 15) is 5.26 Å². The van der Waals surface area contributed by atoms with Crippen LogP contribution in [0.15, 0.2) is 0 Å². The van der Waals surface area contributed by atoms with E-state index in [0.29, 0.717) is 0 Å². The summed E-state index contributed by atoms with van der Waals surface area (Å²) in [5.74, 6) is 0.765. The van der Waals surface area contributed by atoms with E-state index in [1.807, 2.05) is 6.92 Å². The Hall–Kier alpha value is -0.590. The van der Waals surface area contributed by atoms with Crippen LogP contribution in [0.1, 0.15) is 53.9 Å². The lowest BCUT2D eigenvalue weighted by molar-refractivity contribution is 0.234. The fraction of sp³-hybridized carbons (Fsp3) is 0.933. The second-order valence-corrected chi connectivity index (χ2v) is 5.48. The van der Waals surface area contributed by atoms with Gasteiger partial charge in [0.1, 0.15) is 5.54 Å². The first-order chi connectivity index (χ1) is 8.51. The lowest BCUT2D eigenvalue weighted by atomic mass is 9.97. The highest BCUT2D eigenvalue weighted by Crippen LogP contribution is 2.12. The van der Waals surface area contributed by atoms with Gasteiger partial charge in [-0.1, -0.05) is 34.1 Å². The summed E-state index contributed by atoms with van der Waals surface area (Å²) in [5.41, 5.74) is -0.357. The molecule has 0 rings (SSSR count). The summed E-state index contributed by atoms with van der Waals surface area (Å²) >= 11 is 0. The molecule has 2 atom stereocenters. The molecule has 0 radical (unpaired) electrons. The van der Waals surface area contributed by atoms with Crippen molar-refractivity contribution in [3.05, 3.63) is 0 Å². The molecule has 0 aromatic heterocycles. The van der Waals surface area contributed by atoms with Crippen LogP contribution in [-0.4, -0.2) is 36.6 Å². The quantitative estimate of drug-likeness (QED) is 0.650. The first-order valence-corrected chi connectivity index (χ1v) is 7.39. The Bertz CT molecular complexity index is 247. The third-order valence-corrected chi connectivity index (χ3v) is 3.68. The van der Waals surface area contributed by atoms with Gasteiger partial charge in [-0.2, -0.15) is 5.26 Å². The van der Waals surface area contributed by atoms with Gasteiger partial charge in [-0.3, -0.25) is 5.32 Å². The molecule has 1 N–H and O–H groups in total. The maximum atomic E-state index is 9.20. The van der Waals surface area contributed by atoms with E-state index in [2.05, 4.69) is 44.0 Å². The smallest absolute Gasteiger partial charge is 0.103 e. The first kappa shape index (κ1) is 17.4. The zero-order valence-electron chi connectivity index (χ0n) is 12.9. The minimum Gasteiger partial charge on any atom is -0.303 e. The van der Waals surface area contributed by atoms with E-state index in [1.165, 1.54) is 13.0 Å². The molecule has 2 unspecified atom stereocenters. The Labute approximate surface area is 114 Å². The molecular formula is C15H31N3. The molecule has 0 bridgehead atoms. The third-order valence-electron chi connectivity index (χ3n) is 3.68. The average Bonchev–Trinajstić information content (AvgIpc) is 2.37.